The molecule has 0 radical (unpaired) electrons. The van der Waals surface area contributed by atoms with Crippen LogP contribution in [0.1, 0.15) is 65.2 Å². The minimum atomic E-state index is -0.230. The number of carbonyl (C=O) groups is 2. The largest absolute Gasteiger partial charge is 0.468 e. The average Bonchev–Trinajstić information content (AvgIpc) is 2.77. The van der Waals surface area contributed by atoms with Crippen molar-refractivity contribution in [1.82, 2.24) is 0 Å². The van der Waals surface area contributed by atoms with E-state index in [0.29, 0.717) is 72.2 Å². The summed E-state index contributed by atoms with van der Waals surface area (Å²) in [6.45, 7) is 9.52. The Morgan fingerprint density at radius 2 is 1.26 bits per heavy atom. The molecular formula is C23H44O8. The van der Waals surface area contributed by atoms with E-state index in [0.717, 1.165) is 32.3 Å². The smallest absolute Gasteiger partial charge is 0.306 e. The lowest BCUT2D eigenvalue weighted by atomic mass is 9.94. The van der Waals surface area contributed by atoms with Crippen LogP contribution in [0.2, 0.25) is 0 Å². The summed E-state index contributed by atoms with van der Waals surface area (Å²) in [5.74, 6) is -0.0504. The van der Waals surface area contributed by atoms with Gasteiger partial charge in [0.15, 0.2) is 0 Å². The first-order valence-electron chi connectivity index (χ1n) is 11.8. The standard InChI is InChI=1S/C23H44O8/c1-3-5-6-7-8-22(9-11-30-21-24)20-23(25)31-19-18-29-17-16-28-15-14-27-13-12-26-10-4-2/h21-22H,3-20H2,1-2H3. The fraction of sp³-hybridized carbons (Fsp3) is 0.913. The van der Waals surface area contributed by atoms with Gasteiger partial charge in [-0.2, -0.15) is 0 Å². The molecule has 0 aliphatic carbocycles. The molecule has 0 aliphatic rings. The lowest BCUT2D eigenvalue weighted by Gasteiger charge is -2.15. The Kier molecular flexibility index (Phi) is 24.1. The quantitative estimate of drug-likeness (QED) is 0.119. The van der Waals surface area contributed by atoms with Crippen molar-refractivity contribution in [3.05, 3.63) is 0 Å². The van der Waals surface area contributed by atoms with Gasteiger partial charge in [-0.15, -0.1) is 0 Å². The predicted octanol–water partition coefficient (Wildman–Crippen LogP) is 3.55. The van der Waals surface area contributed by atoms with E-state index in [1.54, 1.807) is 0 Å². The van der Waals surface area contributed by atoms with Crippen LogP contribution >= 0.6 is 0 Å². The van der Waals surface area contributed by atoms with Gasteiger partial charge < -0.3 is 28.4 Å². The van der Waals surface area contributed by atoms with E-state index in [1.165, 1.54) is 12.8 Å². The molecule has 0 aliphatic heterocycles. The number of unbranched alkanes of at least 4 members (excludes halogenated alkanes) is 3. The molecule has 0 saturated carbocycles. The molecule has 0 rings (SSSR count). The third kappa shape index (κ3) is 23.3. The molecular weight excluding hydrogens is 404 g/mol. The van der Waals surface area contributed by atoms with Crippen molar-refractivity contribution in [1.29, 1.82) is 0 Å². The van der Waals surface area contributed by atoms with Gasteiger partial charge in [0.2, 0.25) is 0 Å². The zero-order chi connectivity index (χ0) is 22.8. The molecule has 0 aromatic rings. The third-order valence-electron chi connectivity index (χ3n) is 4.59. The van der Waals surface area contributed by atoms with Crippen molar-refractivity contribution in [3.8, 4) is 0 Å². The minimum Gasteiger partial charge on any atom is -0.468 e. The average molecular weight is 449 g/mol. The molecule has 0 aromatic carbocycles. The Hall–Kier alpha value is -1.22. The molecule has 184 valence electrons. The number of carbonyl (C=O) groups excluding carboxylic acids is 2. The van der Waals surface area contributed by atoms with Crippen LogP contribution in [0.25, 0.3) is 0 Å². The van der Waals surface area contributed by atoms with E-state index in [-0.39, 0.29) is 18.5 Å². The van der Waals surface area contributed by atoms with Gasteiger partial charge in [-0.1, -0.05) is 39.5 Å². The van der Waals surface area contributed by atoms with Crippen LogP contribution in [0.5, 0.6) is 0 Å². The highest BCUT2D eigenvalue weighted by Crippen LogP contribution is 2.19. The number of hydrogen-bond acceptors (Lipinski definition) is 8. The molecule has 0 amide bonds. The Balaban J connectivity index is 3.59. The van der Waals surface area contributed by atoms with E-state index >= 15 is 0 Å². The van der Waals surface area contributed by atoms with Crippen molar-refractivity contribution >= 4 is 12.4 Å². The maximum absolute atomic E-state index is 12.1. The van der Waals surface area contributed by atoms with Crippen LogP contribution in [0.4, 0.5) is 0 Å². The van der Waals surface area contributed by atoms with Crippen molar-refractivity contribution < 1.29 is 38.0 Å². The highest BCUT2D eigenvalue weighted by atomic mass is 16.6. The first-order chi connectivity index (χ1) is 15.2. The van der Waals surface area contributed by atoms with Gasteiger partial charge in [-0.3, -0.25) is 9.59 Å². The molecule has 0 aromatic heterocycles. The van der Waals surface area contributed by atoms with Crippen LogP contribution in [0.3, 0.4) is 0 Å². The zero-order valence-electron chi connectivity index (χ0n) is 19.6. The minimum absolute atomic E-state index is 0.180. The maximum atomic E-state index is 12.1. The molecule has 8 nitrogen and oxygen atoms in total. The van der Waals surface area contributed by atoms with Gasteiger partial charge in [-0.25, -0.2) is 0 Å². The number of esters is 1. The molecule has 0 spiro atoms. The Labute approximate surface area is 188 Å². The van der Waals surface area contributed by atoms with Crippen LogP contribution < -0.4 is 0 Å². The van der Waals surface area contributed by atoms with Gasteiger partial charge in [0, 0.05) is 13.0 Å². The zero-order valence-corrected chi connectivity index (χ0v) is 19.6. The molecule has 0 N–H and O–H groups in total. The van der Waals surface area contributed by atoms with Gasteiger partial charge in [0.05, 0.1) is 52.9 Å². The summed E-state index contributed by atoms with van der Waals surface area (Å²) in [4.78, 5) is 22.4. The fourth-order valence-electron chi connectivity index (χ4n) is 2.91. The summed E-state index contributed by atoms with van der Waals surface area (Å²) < 4.78 is 31.5. The van der Waals surface area contributed by atoms with Gasteiger partial charge in [0.1, 0.15) is 6.61 Å². The van der Waals surface area contributed by atoms with E-state index in [2.05, 4.69) is 13.8 Å². The Morgan fingerprint density at radius 3 is 1.81 bits per heavy atom. The summed E-state index contributed by atoms with van der Waals surface area (Å²) in [6, 6.07) is 0. The third-order valence-corrected chi connectivity index (χ3v) is 4.59. The molecule has 1 atom stereocenters. The lowest BCUT2D eigenvalue weighted by Crippen LogP contribution is -2.17. The second kappa shape index (κ2) is 25.0. The summed E-state index contributed by atoms with van der Waals surface area (Å²) in [5.41, 5.74) is 0. The van der Waals surface area contributed by atoms with E-state index in [1.807, 2.05) is 0 Å². The normalized spacial score (nSPS) is 11.9. The topological polar surface area (TPSA) is 89.5 Å². The van der Waals surface area contributed by atoms with E-state index in [9.17, 15) is 9.59 Å². The lowest BCUT2D eigenvalue weighted by molar-refractivity contribution is -0.146. The molecule has 1 unspecified atom stereocenters. The summed E-state index contributed by atoms with van der Waals surface area (Å²) in [6.07, 6.45) is 7.60. The second-order valence-electron chi connectivity index (χ2n) is 7.35. The summed E-state index contributed by atoms with van der Waals surface area (Å²) in [5, 5.41) is 0. The highest BCUT2D eigenvalue weighted by molar-refractivity contribution is 5.69. The first kappa shape index (κ1) is 29.8. The molecule has 0 fully saturated rings. The first-order valence-corrected chi connectivity index (χ1v) is 11.8. The number of ether oxygens (including phenoxy) is 6. The van der Waals surface area contributed by atoms with Crippen LogP contribution in [0.15, 0.2) is 0 Å². The Morgan fingerprint density at radius 1 is 0.677 bits per heavy atom. The summed E-state index contributed by atoms with van der Waals surface area (Å²) >= 11 is 0. The molecule has 0 bridgehead atoms. The number of hydrogen-bond donors (Lipinski definition) is 0. The maximum Gasteiger partial charge on any atom is 0.306 e. The number of rotatable bonds is 25. The van der Waals surface area contributed by atoms with E-state index in [4.69, 9.17) is 28.4 Å². The molecule has 0 heterocycles. The van der Waals surface area contributed by atoms with Crippen LogP contribution in [-0.2, 0) is 38.0 Å². The second-order valence-corrected chi connectivity index (χ2v) is 7.35. The van der Waals surface area contributed by atoms with Gasteiger partial charge in [-0.05, 0) is 25.2 Å². The summed E-state index contributed by atoms with van der Waals surface area (Å²) in [7, 11) is 0. The monoisotopic (exact) mass is 448 g/mol. The van der Waals surface area contributed by atoms with Crippen molar-refractivity contribution in [3.63, 3.8) is 0 Å². The van der Waals surface area contributed by atoms with Crippen LogP contribution in [0, 0.1) is 5.92 Å². The van der Waals surface area contributed by atoms with Crippen LogP contribution in [-0.4, -0.2) is 78.5 Å². The van der Waals surface area contributed by atoms with Crippen molar-refractivity contribution in [2.45, 2.75) is 65.2 Å². The molecule has 31 heavy (non-hydrogen) atoms. The SMILES string of the molecule is CCCCCCC(CCOC=O)CC(=O)OCCOCCOCCOCCOCCC. The van der Waals surface area contributed by atoms with Crippen molar-refractivity contribution in [2.75, 3.05) is 66.1 Å². The highest BCUT2D eigenvalue weighted by Gasteiger charge is 2.15. The molecule has 0 saturated heterocycles. The van der Waals surface area contributed by atoms with E-state index < -0.39 is 0 Å². The molecule has 8 heteroatoms. The Bertz CT molecular complexity index is 392. The van der Waals surface area contributed by atoms with Crippen molar-refractivity contribution in [2.24, 2.45) is 5.92 Å². The van der Waals surface area contributed by atoms with Gasteiger partial charge >= 0.3 is 5.97 Å². The fourth-order valence-corrected chi connectivity index (χ4v) is 2.91. The van der Waals surface area contributed by atoms with Gasteiger partial charge in [0.25, 0.3) is 6.47 Å². The predicted molar refractivity (Wildman–Crippen MR) is 118 cm³/mol.